The fourth-order valence-electron chi connectivity index (χ4n) is 2.42. The van der Waals surface area contributed by atoms with Gasteiger partial charge >= 0.3 is 0 Å². The van der Waals surface area contributed by atoms with E-state index in [9.17, 15) is 0 Å². The van der Waals surface area contributed by atoms with Crippen LogP contribution in [0.3, 0.4) is 0 Å². The molecule has 0 aromatic carbocycles. The molecule has 20 heavy (non-hydrogen) atoms. The molecule has 0 amide bonds. The van der Waals surface area contributed by atoms with Crippen LogP contribution in [0.4, 0.5) is 11.6 Å². The lowest BCUT2D eigenvalue weighted by Crippen LogP contribution is -2.37. The Hall–Kier alpha value is -1.40. The first-order valence-corrected chi connectivity index (χ1v) is 7.31. The summed E-state index contributed by atoms with van der Waals surface area (Å²) in [5.74, 6) is 8.28. The lowest BCUT2D eigenvalue weighted by Gasteiger charge is -2.30. The van der Waals surface area contributed by atoms with E-state index in [-0.39, 0.29) is 5.92 Å². The predicted octanol–water partition coefficient (Wildman–Crippen LogP) is 1.70. The molecule has 1 aliphatic rings. The van der Waals surface area contributed by atoms with Crippen molar-refractivity contribution in [2.75, 3.05) is 30.9 Å². The van der Waals surface area contributed by atoms with E-state index in [1.807, 2.05) is 6.92 Å². The van der Waals surface area contributed by atoms with Crippen LogP contribution in [0.25, 0.3) is 0 Å². The molecule has 0 atom stereocenters. The van der Waals surface area contributed by atoms with Gasteiger partial charge in [0, 0.05) is 17.5 Å². The van der Waals surface area contributed by atoms with Crippen molar-refractivity contribution in [3.05, 3.63) is 11.4 Å². The van der Waals surface area contributed by atoms with Crippen LogP contribution in [0, 0.1) is 6.92 Å². The Morgan fingerprint density at radius 3 is 2.35 bits per heavy atom. The summed E-state index contributed by atoms with van der Waals surface area (Å²) in [6, 6.07) is 0.477. The second-order valence-electron chi connectivity index (χ2n) is 5.92. The van der Waals surface area contributed by atoms with Crippen molar-refractivity contribution in [1.29, 1.82) is 0 Å². The molecule has 1 aromatic heterocycles. The molecule has 4 N–H and O–H groups in total. The molecule has 0 unspecified atom stereocenters. The van der Waals surface area contributed by atoms with Crippen molar-refractivity contribution in [3.8, 4) is 0 Å². The van der Waals surface area contributed by atoms with Gasteiger partial charge in [0.05, 0.1) is 0 Å². The van der Waals surface area contributed by atoms with Gasteiger partial charge in [0.1, 0.15) is 17.5 Å². The van der Waals surface area contributed by atoms with Crippen molar-refractivity contribution in [1.82, 2.24) is 14.9 Å². The number of piperidine rings is 1. The molecule has 0 saturated carbocycles. The zero-order valence-corrected chi connectivity index (χ0v) is 12.9. The van der Waals surface area contributed by atoms with Gasteiger partial charge in [-0.2, -0.15) is 0 Å². The number of anilines is 2. The van der Waals surface area contributed by atoms with Crippen molar-refractivity contribution in [2.24, 2.45) is 5.84 Å². The molecule has 0 aliphatic carbocycles. The lowest BCUT2D eigenvalue weighted by atomic mass is 10.1. The molecule has 0 spiro atoms. The molecular formula is C14H26N6. The average Bonchev–Trinajstić information content (AvgIpc) is 2.43. The second-order valence-corrected chi connectivity index (χ2v) is 5.92. The number of hydrogen-bond donors (Lipinski definition) is 3. The molecule has 6 heteroatoms. The summed E-state index contributed by atoms with van der Waals surface area (Å²) in [6.45, 7) is 8.42. The first-order valence-electron chi connectivity index (χ1n) is 7.31. The third-order valence-corrected chi connectivity index (χ3v) is 3.88. The molecule has 112 valence electrons. The van der Waals surface area contributed by atoms with E-state index in [0.717, 1.165) is 43.1 Å². The zero-order valence-electron chi connectivity index (χ0n) is 12.9. The van der Waals surface area contributed by atoms with E-state index in [0.29, 0.717) is 11.9 Å². The highest BCUT2D eigenvalue weighted by Gasteiger charge is 2.19. The highest BCUT2D eigenvalue weighted by atomic mass is 15.3. The van der Waals surface area contributed by atoms with Gasteiger partial charge in [0.25, 0.3) is 0 Å². The summed E-state index contributed by atoms with van der Waals surface area (Å²) in [7, 11) is 2.17. The van der Waals surface area contributed by atoms with Gasteiger partial charge in [-0.1, -0.05) is 13.8 Å². The van der Waals surface area contributed by atoms with Crippen LogP contribution in [-0.2, 0) is 0 Å². The smallest absolute Gasteiger partial charge is 0.148 e. The van der Waals surface area contributed by atoms with Gasteiger partial charge in [-0.3, -0.25) is 0 Å². The third kappa shape index (κ3) is 3.37. The fraction of sp³-hybridized carbons (Fsp3) is 0.714. The van der Waals surface area contributed by atoms with Crippen LogP contribution < -0.4 is 16.6 Å². The maximum Gasteiger partial charge on any atom is 0.148 e. The van der Waals surface area contributed by atoms with Crippen molar-refractivity contribution in [2.45, 2.75) is 45.6 Å². The van der Waals surface area contributed by atoms with E-state index >= 15 is 0 Å². The average molecular weight is 278 g/mol. The summed E-state index contributed by atoms with van der Waals surface area (Å²) in [5, 5.41) is 3.57. The molecule has 0 bridgehead atoms. The predicted molar refractivity (Wildman–Crippen MR) is 82.8 cm³/mol. The first kappa shape index (κ1) is 15.0. The van der Waals surface area contributed by atoms with Gasteiger partial charge in [-0.25, -0.2) is 15.8 Å². The van der Waals surface area contributed by atoms with Crippen LogP contribution >= 0.6 is 0 Å². The highest BCUT2D eigenvalue weighted by Crippen LogP contribution is 2.24. The number of nitrogens with zero attached hydrogens (tertiary/aromatic N) is 3. The van der Waals surface area contributed by atoms with Crippen molar-refractivity contribution >= 4 is 11.6 Å². The summed E-state index contributed by atoms with van der Waals surface area (Å²) >= 11 is 0. The maximum atomic E-state index is 5.57. The Balaban J connectivity index is 2.19. The molecular weight excluding hydrogens is 252 g/mol. The SMILES string of the molecule is Cc1c(NN)nc(C(C)C)nc1NC1CCN(C)CC1. The van der Waals surface area contributed by atoms with Gasteiger partial charge < -0.3 is 15.6 Å². The third-order valence-electron chi connectivity index (χ3n) is 3.88. The Labute approximate surface area is 121 Å². The Bertz CT molecular complexity index is 451. The topological polar surface area (TPSA) is 79.1 Å². The van der Waals surface area contributed by atoms with Crippen LogP contribution in [0.5, 0.6) is 0 Å². The number of nitrogen functional groups attached to an aromatic ring is 1. The second kappa shape index (κ2) is 6.37. The number of nitrogens with two attached hydrogens (primary N) is 1. The molecule has 0 radical (unpaired) electrons. The van der Waals surface area contributed by atoms with Crippen molar-refractivity contribution in [3.63, 3.8) is 0 Å². The van der Waals surface area contributed by atoms with E-state index in [1.165, 1.54) is 0 Å². The zero-order chi connectivity index (χ0) is 14.7. The van der Waals surface area contributed by atoms with Gasteiger partial charge in [0.15, 0.2) is 0 Å². The molecule has 1 saturated heterocycles. The quantitative estimate of drug-likeness (QED) is 0.575. The summed E-state index contributed by atoms with van der Waals surface area (Å²) < 4.78 is 0. The molecule has 1 aliphatic heterocycles. The van der Waals surface area contributed by atoms with Crippen molar-refractivity contribution < 1.29 is 0 Å². The minimum Gasteiger partial charge on any atom is -0.367 e. The van der Waals surface area contributed by atoms with E-state index in [1.54, 1.807) is 0 Å². The minimum atomic E-state index is 0.278. The van der Waals surface area contributed by atoms with Crippen LogP contribution in [0.2, 0.25) is 0 Å². The number of likely N-dealkylation sites (tertiary alicyclic amines) is 1. The Kier molecular flexibility index (Phi) is 4.77. The van der Waals surface area contributed by atoms with Gasteiger partial charge in [0.2, 0.25) is 0 Å². The summed E-state index contributed by atoms with van der Waals surface area (Å²) in [4.78, 5) is 11.5. The molecule has 6 nitrogen and oxygen atoms in total. The van der Waals surface area contributed by atoms with E-state index in [4.69, 9.17) is 5.84 Å². The maximum absolute atomic E-state index is 5.57. The summed E-state index contributed by atoms with van der Waals surface area (Å²) in [6.07, 6.45) is 2.28. The number of rotatable bonds is 4. The lowest BCUT2D eigenvalue weighted by molar-refractivity contribution is 0.263. The van der Waals surface area contributed by atoms with Crippen LogP contribution in [0.15, 0.2) is 0 Å². The summed E-state index contributed by atoms with van der Waals surface area (Å²) in [5.41, 5.74) is 3.66. The molecule has 1 fully saturated rings. The molecule has 2 heterocycles. The number of hydrogen-bond acceptors (Lipinski definition) is 6. The minimum absolute atomic E-state index is 0.278. The first-order chi connectivity index (χ1) is 9.51. The molecule has 1 aromatic rings. The van der Waals surface area contributed by atoms with Crippen LogP contribution in [-0.4, -0.2) is 41.0 Å². The van der Waals surface area contributed by atoms with Gasteiger partial charge in [-0.05, 0) is 39.9 Å². The fourth-order valence-corrected chi connectivity index (χ4v) is 2.42. The Morgan fingerprint density at radius 2 is 1.80 bits per heavy atom. The number of aromatic nitrogens is 2. The normalized spacial score (nSPS) is 17.5. The Morgan fingerprint density at radius 1 is 1.20 bits per heavy atom. The standard InChI is InChI=1S/C14H26N6/c1-9(2)12-17-13(10(3)14(18-12)19-15)16-11-5-7-20(4)8-6-11/h9,11H,5-8,15H2,1-4H3,(H2,16,17,18,19). The number of nitrogens with one attached hydrogen (secondary N) is 2. The largest absolute Gasteiger partial charge is 0.367 e. The van der Waals surface area contributed by atoms with Crippen LogP contribution in [0.1, 0.15) is 44.0 Å². The van der Waals surface area contributed by atoms with E-state index < -0.39 is 0 Å². The van der Waals surface area contributed by atoms with E-state index in [2.05, 4.69) is 46.5 Å². The van der Waals surface area contributed by atoms with Gasteiger partial charge in [-0.15, -0.1) is 0 Å². The molecule has 2 rings (SSSR count). The monoisotopic (exact) mass is 278 g/mol. The highest BCUT2D eigenvalue weighted by molar-refractivity contribution is 5.57. The number of hydrazine groups is 1.